The van der Waals surface area contributed by atoms with Crippen molar-refractivity contribution in [2.24, 2.45) is 0 Å². The molecule has 0 N–H and O–H groups in total. The topological polar surface area (TPSA) is 17.1 Å². The van der Waals surface area contributed by atoms with Crippen molar-refractivity contribution >= 4 is 30.3 Å². The predicted molar refractivity (Wildman–Crippen MR) is 85.9 cm³/mol. The lowest BCUT2D eigenvalue weighted by Gasteiger charge is -2.39. The van der Waals surface area contributed by atoms with E-state index >= 15 is 0 Å². The predicted octanol–water partition coefficient (Wildman–Crippen LogP) is 6.09. The maximum absolute atomic E-state index is 13.3. The van der Waals surface area contributed by atoms with Gasteiger partial charge in [-0.1, -0.05) is 33.3 Å². The van der Waals surface area contributed by atoms with Crippen LogP contribution in [0.2, 0.25) is 0 Å². The Hall–Kier alpha value is 0.550. The molecule has 0 spiro atoms. The van der Waals surface area contributed by atoms with Crippen molar-refractivity contribution in [1.29, 1.82) is 0 Å². The van der Waals surface area contributed by atoms with Crippen molar-refractivity contribution in [2.45, 2.75) is 57.5 Å². The molecule has 4 heteroatoms. The van der Waals surface area contributed by atoms with Crippen molar-refractivity contribution in [2.75, 3.05) is 17.9 Å². The first-order valence-corrected chi connectivity index (χ1v) is 9.93. The van der Waals surface area contributed by atoms with Crippen molar-refractivity contribution < 1.29 is 4.57 Å². The first-order valence-electron chi connectivity index (χ1n) is 6.90. The Kier molecular flexibility index (Phi) is 9.74. The van der Waals surface area contributed by atoms with Crippen LogP contribution in [0, 0.1) is 0 Å². The van der Waals surface area contributed by atoms with Gasteiger partial charge >= 0.3 is 0 Å². The van der Waals surface area contributed by atoms with E-state index in [1.165, 1.54) is 0 Å². The molecule has 0 amide bonds. The fourth-order valence-corrected chi connectivity index (χ4v) is 7.07. The third kappa shape index (κ3) is 4.58. The Morgan fingerprint density at radius 1 is 1.11 bits per heavy atom. The standard InChI is InChI=1S/C14H27Cl2OP/c1-4-7-13-18(17,6-3)14(8-5-2,9-11-15)10-12-16/h6H,3-5,7-13H2,1-2H3. The third-order valence-corrected chi connectivity index (χ3v) is 8.00. The van der Waals surface area contributed by atoms with Crippen molar-refractivity contribution in [3.63, 3.8) is 0 Å². The van der Waals surface area contributed by atoms with Gasteiger partial charge in [0.25, 0.3) is 0 Å². The molecule has 0 rings (SSSR count). The Morgan fingerprint density at radius 2 is 1.67 bits per heavy atom. The number of rotatable bonds is 11. The lowest BCUT2D eigenvalue weighted by Crippen LogP contribution is -2.31. The molecule has 0 saturated carbocycles. The molecule has 0 aromatic carbocycles. The molecule has 0 aromatic heterocycles. The van der Waals surface area contributed by atoms with E-state index in [4.69, 9.17) is 23.2 Å². The van der Waals surface area contributed by atoms with Crippen LogP contribution in [0.25, 0.3) is 0 Å². The zero-order valence-corrected chi connectivity index (χ0v) is 14.2. The van der Waals surface area contributed by atoms with Crippen molar-refractivity contribution in [3.8, 4) is 0 Å². The summed E-state index contributed by atoms with van der Waals surface area (Å²) in [7, 11) is -2.41. The Balaban J connectivity index is 5.30. The zero-order valence-electron chi connectivity index (χ0n) is 11.8. The molecule has 1 atom stereocenters. The highest BCUT2D eigenvalue weighted by Gasteiger charge is 2.43. The molecular formula is C14H27Cl2OP. The van der Waals surface area contributed by atoms with Crippen LogP contribution < -0.4 is 0 Å². The van der Waals surface area contributed by atoms with Crippen LogP contribution in [0.4, 0.5) is 0 Å². The van der Waals surface area contributed by atoms with Gasteiger partial charge in [-0.05, 0) is 31.5 Å². The summed E-state index contributed by atoms with van der Waals surface area (Å²) >= 11 is 11.9. The number of hydrogen-bond acceptors (Lipinski definition) is 1. The van der Waals surface area contributed by atoms with Gasteiger partial charge in [-0.25, -0.2) is 0 Å². The molecule has 18 heavy (non-hydrogen) atoms. The van der Waals surface area contributed by atoms with E-state index in [1.807, 2.05) is 0 Å². The van der Waals surface area contributed by atoms with Gasteiger partial charge in [0.15, 0.2) is 0 Å². The van der Waals surface area contributed by atoms with Crippen molar-refractivity contribution in [1.82, 2.24) is 0 Å². The fourth-order valence-electron chi connectivity index (χ4n) is 2.67. The summed E-state index contributed by atoms with van der Waals surface area (Å²) in [5.41, 5.74) is 0. The highest BCUT2D eigenvalue weighted by atomic mass is 35.5. The van der Waals surface area contributed by atoms with E-state index in [0.717, 1.165) is 44.7 Å². The molecule has 0 aliphatic heterocycles. The second-order valence-electron chi connectivity index (χ2n) is 4.91. The molecule has 1 nitrogen and oxygen atoms in total. The third-order valence-electron chi connectivity index (χ3n) is 3.78. The van der Waals surface area contributed by atoms with Gasteiger partial charge < -0.3 is 4.57 Å². The maximum atomic E-state index is 13.3. The van der Waals surface area contributed by atoms with Gasteiger partial charge in [-0.2, -0.15) is 0 Å². The first kappa shape index (κ1) is 18.6. The van der Waals surface area contributed by atoms with Gasteiger partial charge in [-0.3, -0.25) is 0 Å². The quantitative estimate of drug-likeness (QED) is 0.333. The summed E-state index contributed by atoms with van der Waals surface area (Å²) in [5.74, 6) is 2.80. The van der Waals surface area contributed by atoms with Crippen molar-refractivity contribution in [3.05, 3.63) is 12.4 Å². The lowest BCUT2D eigenvalue weighted by molar-refractivity contribution is 0.455. The fraction of sp³-hybridized carbons (Fsp3) is 0.857. The minimum absolute atomic E-state index is 0.220. The van der Waals surface area contributed by atoms with Crippen LogP contribution in [0.3, 0.4) is 0 Å². The van der Waals surface area contributed by atoms with Crippen LogP contribution in [-0.4, -0.2) is 23.1 Å². The smallest absolute Gasteiger partial charge is 0.114 e. The molecule has 1 unspecified atom stereocenters. The summed E-state index contributed by atoms with van der Waals surface area (Å²) < 4.78 is 13.3. The van der Waals surface area contributed by atoms with Crippen LogP contribution in [-0.2, 0) is 4.57 Å². The van der Waals surface area contributed by atoms with Crippen LogP contribution in [0.1, 0.15) is 52.4 Å². The molecule has 0 aliphatic carbocycles. The molecule has 0 fully saturated rings. The molecule has 0 bridgehead atoms. The zero-order chi connectivity index (χ0) is 14.1. The molecular weight excluding hydrogens is 286 g/mol. The van der Waals surface area contributed by atoms with Gasteiger partial charge in [-0.15, -0.1) is 23.2 Å². The van der Waals surface area contributed by atoms with E-state index in [2.05, 4.69) is 20.4 Å². The molecule has 0 saturated heterocycles. The molecule has 108 valence electrons. The number of hydrogen-bond donors (Lipinski definition) is 0. The van der Waals surface area contributed by atoms with Gasteiger partial charge in [0.1, 0.15) is 7.14 Å². The van der Waals surface area contributed by atoms with E-state index in [9.17, 15) is 4.57 Å². The van der Waals surface area contributed by atoms with Gasteiger partial charge in [0, 0.05) is 23.1 Å². The molecule has 0 aromatic rings. The molecule has 0 radical (unpaired) electrons. The van der Waals surface area contributed by atoms with Crippen LogP contribution >= 0.6 is 30.3 Å². The van der Waals surface area contributed by atoms with Gasteiger partial charge in [0.2, 0.25) is 0 Å². The maximum Gasteiger partial charge on any atom is 0.114 e. The Morgan fingerprint density at radius 3 is 2.00 bits per heavy atom. The number of alkyl halides is 2. The average Bonchev–Trinajstić information content (AvgIpc) is 2.36. The SMILES string of the molecule is C=CP(=O)(CCCC)C(CCC)(CCCl)CCCl. The van der Waals surface area contributed by atoms with Crippen LogP contribution in [0.5, 0.6) is 0 Å². The summed E-state index contributed by atoms with van der Waals surface area (Å²) in [5, 5.41) is -0.220. The highest BCUT2D eigenvalue weighted by molar-refractivity contribution is 7.68. The van der Waals surface area contributed by atoms with Gasteiger partial charge in [0.05, 0.1) is 0 Å². The van der Waals surface area contributed by atoms with E-state index < -0.39 is 7.14 Å². The lowest BCUT2D eigenvalue weighted by atomic mass is 9.96. The Bertz CT molecular complexity index is 262. The molecule has 0 heterocycles. The minimum atomic E-state index is -2.41. The van der Waals surface area contributed by atoms with E-state index in [0.29, 0.717) is 11.8 Å². The second kappa shape index (κ2) is 9.45. The van der Waals surface area contributed by atoms with E-state index in [-0.39, 0.29) is 5.16 Å². The second-order valence-corrected chi connectivity index (χ2v) is 9.02. The molecule has 0 aliphatic rings. The summed E-state index contributed by atoms with van der Waals surface area (Å²) in [4.78, 5) is 0. The minimum Gasteiger partial charge on any atom is -0.319 e. The average molecular weight is 313 g/mol. The largest absolute Gasteiger partial charge is 0.319 e. The summed E-state index contributed by atoms with van der Waals surface area (Å²) in [6, 6.07) is 0. The Labute approximate surface area is 123 Å². The monoisotopic (exact) mass is 312 g/mol. The normalized spacial score (nSPS) is 15.3. The number of halogens is 2. The summed E-state index contributed by atoms with van der Waals surface area (Å²) in [6.45, 7) is 8.10. The highest BCUT2D eigenvalue weighted by Crippen LogP contribution is 2.64. The summed E-state index contributed by atoms with van der Waals surface area (Å²) in [6.07, 6.45) is 6.29. The first-order chi connectivity index (χ1) is 8.55. The van der Waals surface area contributed by atoms with E-state index in [1.54, 1.807) is 5.82 Å². The van der Waals surface area contributed by atoms with Crippen LogP contribution in [0.15, 0.2) is 12.4 Å². The number of unbranched alkanes of at least 4 members (excludes halogenated alkanes) is 1.